The number of aryl methyl sites for hydroxylation is 1. The molecule has 102 valence electrons. The molecule has 1 amide bonds. The van der Waals surface area contributed by atoms with Gasteiger partial charge in [-0.1, -0.05) is 5.16 Å². The van der Waals surface area contributed by atoms with Crippen molar-refractivity contribution in [3.63, 3.8) is 0 Å². The van der Waals surface area contributed by atoms with E-state index in [9.17, 15) is 13.2 Å². The number of methoxy groups -OCH3 is 1. The van der Waals surface area contributed by atoms with Crippen LogP contribution in [-0.4, -0.2) is 46.1 Å². The second-order valence-electron chi connectivity index (χ2n) is 3.55. The first-order valence-corrected chi connectivity index (χ1v) is 6.92. The number of nitrogens with one attached hydrogen (secondary N) is 1. The zero-order valence-corrected chi connectivity index (χ0v) is 11.2. The molecule has 0 saturated heterocycles. The molecule has 0 spiro atoms. The summed E-state index contributed by atoms with van der Waals surface area (Å²) in [5.41, 5.74) is 0. The van der Waals surface area contributed by atoms with E-state index >= 15 is 0 Å². The number of carbonyl (C=O) groups excluding carboxylic acids is 1. The Labute approximate surface area is 105 Å². The van der Waals surface area contributed by atoms with Crippen molar-refractivity contribution in [2.45, 2.75) is 6.92 Å². The van der Waals surface area contributed by atoms with E-state index in [-0.39, 0.29) is 18.9 Å². The highest BCUT2D eigenvalue weighted by molar-refractivity contribution is 7.92. The Hall–Kier alpha value is -1.77. The molecule has 0 aliphatic rings. The number of anilines is 1. The quantitative estimate of drug-likeness (QED) is 0.819. The summed E-state index contributed by atoms with van der Waals surface area (Å²) < 4.78 is 33.4. The fourth-order valence-corrected chi connectivity index (χ4v) is 2.10. The van der Waals surface area contributed by atoms with Gasteiger partial charge in [-0.15, -0.1) is 0 Å². The second kappa shape index (κ2) is 5.71. The molecule has 0 radical (unpaired) electrons. The van der Waals surface area contributed by atoms with Crippen LogP contribution in [0.4, 0.5) is 10.6 Å². The van der Waals surface area contributed by atoms with E-state index in [2.05, 4.69) is 15.2 Å². The average molecular weight is 277 g/mol. The molecule has 1 rings (SSSR count). The van der Waals surface area contributed by atoms with E-state index in [1.165, 1.54) is 13.2 Å². The lowest BCUT2D eigenvalue weighted by molar-refractivity contribution is 0.171. The highest BCUT2D eigenvalue weighted by atomic mass is 32.2. The van der Waals surface area contributed by atoms with Gasteiger partial charge < -0.3 is 14.6 Å². The lowest BCUT2D eigenvalue weighted by Gasteiger charge is -2.18. The number of rotatable bonds is 5. The standard InChI is InChI=1S/C9H15N3O5S/c1-7-6-8(11-17-7)12(18(3,14)15)5-4-10-9(13)16-2/h6H,4-5H2,1-3H3,(H,10,13). The van der Waals surface area contributed by atoms with Crippen molar-refractivity contribution in [1.29, 1.82) is 0 Å². The molecule has 1 aromatic heterocycles. The summed E-state index contributed by atoms with van der Waals surface area (Å²) >= 11 is 0. The Bertz CT molecular complexity index is 510. The summed E-state index contributed by atoms with van der Waals surface area (Å²) in [7, 11) is -2.26. The molecule has 9 heteroatoms. The molecule has 0 atom stereocenters. The Morgan fingerprint density at radius 1 is 1.61 bits per heavy atom. The molecule has 0 bridgehead atoms. The fraction of sp³-hybridized carbons (Fsp3) is 0.556. The first-order chi connectivity index (χ1) is 8.34. The highest BCUT2D eigenvalue weighted by Gasteiger charge is 2.20. The first kappa shape index (κ1) is 14.3. The summed E-state index contributed by atoms with van der Waals surface area (Å²) in [5.74, 6) is 0.682. The SMILES string of the molecule is COC(=O)NCCN(c1cc(C)on1)S(C)(=O)=O. The van der Waals surface area contributed by atoms with E-state index in [0.717, 1.165) is 10.6 Å². The topological polar surface area (TPSA) is 102 Å². The Balaban J connectivity index is 2.73. The number of aromatic nitrogens is 1. The van der Waals surface area contributed by atoms with Crippen LogP contribution in [0.5, 0.6) is 0 Å². The third-order valence-corrected chi connectivity index (χ3v) is 3.21. The van der Waals surface area contributed by atoms with Gasteiger partial charge in [-0.3, -0.25) is 0 Å². The predicted molar refractivity (Wildman–Crippen MR) is 63.8 cm³/mol. The van der Waals surface area contributed by atoms with Crippen LogP contribution in [0.25, 0.3) is 0 Å². The zero-order valence-electron chi connectivity index (χ0n) is 10.3. The summed E-state index contributed by atoms with van der Waals surface area (Å²) in [6, 6.07) is 1.50. The molecule has 0 aliphatic carbocycles. The van der Waals surface area contributed by atoms with Crippen molar-refractivity contribution in [3.8, 4) is 0 Å². The average Bonchev–Trinajstić information content (AvgIpc) is 2.68. The molecular weight excluding hydrogens is 262 g/mol. The van der Waals surface area contributed by atoms with Gasteiger partial charge in [0.25, 0.3) is 0 Å². The van der Waals surface area contributed by atoms with E-state index in [1.807, 2.05) is 0 Å². The van der Waals surface area contributed by atoms with Gasteiger partial charge in [-0.25, -0.2) is 17.5 Å². The molecule has 0 fully saturated rings. The maximum Gasteiger partial charge on any atom is 0.406 e. The molecule has 1 aromatic rings. The van der Waals surface area contributed by atoms with Crippen LogP contribution < -0.4 is 9.62 Å². The lowest BCUT2D eigenvalue weighted by Crippen LogP contribution is -2.38. The van der Waals surface area contributed by atoms with Crippen LogP contribution in [0, 0.1) is 6.92 Å². The Morgan fingerprint density at radius 2 is 2.28 bits per heavy atom. The van der Waals surface area contributed by atoms with E-state index in [0.29, 0.717) is 5.76 Å². The maximum absolute atomic E-state index is 11.6. The van der Waals surface area contributed by atoms with Crippen LogP contribution >= 0.6 is 0 Å². The minimum atomic E-state index is -3.49. The summed E-state index contributed by atoms with van der Waals surface area (Å²) in [5, 5.41) is 6.01. The Kier molecular flexibility index (Phi) is 4.54. The molecule has 1 heterocycles. The van der Waals surface area contributed by atoms with E-state index < -0.39 is 16.1 Å². The minimum absolute atomic E-state index is 0.0416. The van der Waals surface area contributed by atoms with Crippen molar-refractivity contribution in [2.24, 2.45) is 0 Å². The van der Waals surface area contributed by atoms with Crippen LogP contribution in [0.1, 0.15) is 5.76 Å². The van der Waals surface area contributed by atoms with Gasteiger partial charge in [-0.2, -0.15) is 0 Å². The number of nitrogens with zero attached hydrogens (tertiary/aromatic N) is 2. The molecular formula is C9H15N3O5S. The summed E-state index contributed by atoms with van der Waals surface area (Å²) in [6.07, 6.45) is 0.426. The lowest BCUT2D eigenvalue weighted by atomic mass is 10.5. The number of carbonyl (C=O) groups is 1. The van der Waals surface area contributed by atoms with Gasteiger partial charge in [0.15, 0.2) is 5.82 Å². The molecule has 1 N–H and O–H groups in total. The third-order valence-electron chi connectivity index (χ3n) is 2.04. The number of ether oxygens (including phenoxy) is 1. The number of hydrogen-bond acceptors (Lipinski definition) is 6. The zero-order chi connectivity index (χ0) is 13.8. The van der Waals surface area contributed by atoms with Gasteiger partial charge >= 0.3 is 6.09 Å². The van der Waals surface area contributed by atoms with Crippen LogP contribution in [-0.2, 0) is 14.8 Å². The van der Waals surface area contributed by atoms with Crippen LogP contribution in [0.3, 0.4) is 0 Å². The second-order valence-corrected chi connectivity index (χ2v) is 5.46. The fourth-order valence-electron chi connectivity index (χ4n) is 1.25. The van der Waals surface area contributed by atoms with Gasteiger partial charge in [0.1, 0.15) is 5.76 Å². The number of alkyl carbamates (subject to hydrolysis) is 1. The van der Waals surface area contributed by atoms with Crippen molar-refractivity contribution in [3.05, 3.63) is 11.8 Å². The van der Waals surface area contributed by atoms with Crippen molar-refractivity contribution in [1.82, 2.24) is 10.5 Å². The van der Waals surface area contributed by atoms with Crippen LogP contribution in [0.2, 0.25) is 0 Å². The van der Waals surface area contributed by atoms with E-state index in [4.69, 9.17) is 4.52 Å². The van der Waals surface area contributed by atoms with Gasteiger partial charge in [0.2, 0.25) is 10.0 Å². The number of hydrogen-bond donors (Lipinski definition) is 1. The maximum atomic E-state index is 11.6. The van der Waals surface area contributed by atoms with Gasteiger partial charge in [0.05, 0.1) is 19.9 Å². The van der Waals surface area contributed by atoms with Crippen LogP contribution in [0.15, 0.2) is 10.6 Å². The van der Waals surface area contributed by atoms with Crippen molar-refractivity contribution < 1.29 is 22.5 Å². The molecule has 0 unspecified atom stereocenters. The monoisotopic (exact) mass is 277 g/mol. The Morgan fingerprint density at radius 3 is 2.72 bits per heavy atom. The first-order valence-electron chi connectivity index (χ1n) is 5.07. The summed E-state index contributed by atoms with van der Waals surface area (Å²) in [4.78, 5) is 10.8. The number of amides is 1. The van der Waals surface area contributed by atoms with E-state index in [1.54, 1.807) is 6.92 Å². The predicted octanol–water partition coefficient (Wildman–Crippen LogP) is 0.105. The van der Waals surface area contributed by atoms with Crippen molar-refractivity contribution in [2.75, 3.05) is 30.8 Å². The third kappa shape index (κ3) is 3.91. The van der Waals surface area contributed by atoms with Gasteiger partial charge in [0, 0.05) is 12.6 Å². The smallest absolute Gasteiger partial charge is 0.406 e. The molecule has 8 nitrogen and oxygen atoms in total. The molecule has 0 saturated carbocycles. The minimum Gasteiger partial charge on any atom is -0.453 e. The molecule has 0 aliphatic heterocycles. The highest BCUT2D eigenvalue weighted by Crippen LogP contribution is 2.16. The van der Waals surface area contributed by atoms with Crippen molar-refractivity contribution >= 4 is 21.9 Å². The van der Waals surface area contributed by atoms with Gasteiger partial charge in [-0.05, 0) is 6.92 Å². The normalized spacial score (nSPS) is 11.1. The molecule has 0 aromatic carbocycles. The summed E-state index contributed by atoms with van der Waals surface area (Å²) in [6.45, 7) is 1.80. The largest absolute Gasteiger partial charge is 0.453 e. The number of sulfonamides is 1. The molecule has 18 heavy (non-hydrogen) atoms.